The van der Waals surface area contributed by atoms with E-state index in [1.807, 2.05) is 18.2 Å². The average Bonchev–Trinajstić information content (AvgIpc) is 3.36. The van der Waals surface area contributed by atoms with Gasteiger partial charge in [0.25, 0.3) is 0 Å². The smallest absolute Gasteiger partial charge is 0.151 e. The van der Waals surface area contributed by atoms with E-state index in [2.05, 4.69) is 31.9 Å². The highest BCUT2D eigenvalue weighted by molar-refractivity contribution is 5.97. The van der Waals surface area contributed by atoms with E-state index in [9.17, 15) is 5.26 Å². The van der Waals surface area contributed by atoms with Crippen LogP contribution in [-0.2, 0) is 0 Å². The van der Waals surface area contributed by atoms with Crippen molar-refractivity contribution in [1.29, 1.82) is 5.26 Å². The Hall–Kier alpha value is -3.05. The van der Waals surface area contributed by atoms with Crippen molar-refractivity contribution in [2.24, 2.45) is 16.8 Å². The van der Waals surface area contributed by atoms with E-state index in [-0.39, 0.29) is 11.8 Å². The SMILES string of the molecule is N#CC1C(C2CCNCC2)=Nc2[nH]ncc2C1c1cccc2nonc12. The molecule has 2 aliphatic heterocycles. The molecule has 1 saturated heterocycles. The van der Waals surface area contributed by atoms with E-state index in [1.54, 1.807) is 6.20 Å². The molecule has 26 heavy (non-hydrogen) atoms. The van der Waals surface area contributed by atoms with E-state index in [4.69, 9.17) is 9.62 Å². The summed E-state index contributed by atoms with van der Waals surface area (Å²) < 4.78 is 4.93. The van der Waals surface area contributed by atoms with Crippen LogP contribution < -0.4 is 5.32 Å². The first-order valence-corrected chi connectivity index (χ1v) is 8.80. The maximum atomic E-state index is 10.1. The van der Waals surface area contributed by atoms with Crippen molar-refractivity contribution in [2.75, 3.05) is 13.1 Å². The number of aromatic nitrogens is 4. The van der Waals surface area contributed by atoms with Gasteiger partial charge in [-0.25, -0.2) is 9.62 Å². The summed E-state index contributed by atoms with van der Waals surface area (Å²) in [7, 11) is 0. The highest BCUT2D eigenvalue weighted by Crippen LogP contribution is 2.44. The molecule has 0 spiro atoms. The van der Waals surface area contributed by atoms with Gasteiger partial charge in [-0.15, -0.1) is 0 Å². The lowest BCUT2D eigenvalue weighted by atomic mass is 9.73. The molecule has 0 bridgehead atoms. The molecule has 1 fully saturated rings. The molecular weight excluding hydrogens is 330 g/mol. The van der Waals surface area contributed by atoms with Gasteiger partial charge in [-0.1, -0.05) is 12.1 Å². The molecule has 8 heteroatoms. The number of aromatic amines is 1. The zero-order chi connectivity index (χ0) is 17.5. The quantitative estimate of drug-likeness (QED) is 0.735. The van der Waals surface area contributed by atoms with Crippen molar-refractivity contribution >= 4 is 22.6 Å². The number of hydrogen-bond acceptors (Lipinski definition) is 7. The van der Waals surface area contributed by atoms with Gasteiger partial charge in [0.2, 0.25) is 0 Å². The Bertz CT molecular complexity index is 1020. The molecule has 0 aliphatic carbocycles. The number of H-pyrrole nitrogens is 1. The lowest BCUT2D eigenvalue weighted by Crippen LogP contribution is -2.37. The summed E-state index contributed by atoms with van der Waals surface area (Å²) in [5.74, 6) is 0.496. The summed E-state index contributed by atoms with van der Waals surface area (Å²) in [6.07, 6.45) is 3.74. The van der Waals surface area contributed by atoms with E-state index < -0.39 is 0 Å². The van der Waals surface area contributed by atoms with Crippen LogP contribution >= 0.6 is 0 Å². The predicted octanol–water partition coefficient (Wildman–Crippen LogP) is 2.30. The third-order valence-corrected chi connectivity index (χ3v) is 5.42. The van der Waals surface area contributed by atoms with E-state index >= 15 is 0 Å². The second kappa shape index (κ2) is 6.04. The fourth-order valence-electron chi connectivity index (χ4n) is 4.18. The zero-order valence-corrected chi connectivity index (χ0v) is 14.0. The largest absolute Gasteiger partial charge is 0.317 e. The first-order valence-electron chi connectivity index (χ1n) is 8.80. The molecule has 2 aliphatic rings. The number of nitrogens with zero attached hydrogens (tertiary/aromatic N) is 5. The molecule has 2 N–H and O–H groups in total. The fraction of sp³-hybridized carbons (Fsp3) is 0.389. The molecule has 130 valence electrons. The number of rotatable bonds is 2. The number of nitrogens with one attached hydrogen (secondary N) is 2. The van der Waals surface area contributed by atoms with Gasteiger partial charge in [0, 0.05) is 23.1 Å². The maximum absolute atomic E-state index is 10.1. The molecular formula is C18H17N7O. The highest BCUT2D eigenvalue weighted by atomic mass is 16.6. The highest BCUT2D eigenvalue weighted by Gasteiger charge is 2.40. The van der Waals surface area contributed by atoms with Gasteiger partial charge < -0.3 is 5.32 Å². The van der Waals surface area contributed by atoms with Crippen molar-refractivity contribution in [3.63, 3.8) is 0 Å². The van der Waals surface area contributed by atoms with Crippen molar-refractivity contribution < 1.29 is 4.63 Å². The second-order valence-corrected chi connectivity index (χ2v) is 6.80. The standard InChI is InChI=1S/C18H17N7O/c19-8-12-15(11-2-1-3-14-17(11)25-26-24-14)13-9-21-23-18(13)22-16(12)10-4-6-20-7-5-10/h1-3,9-10,12,15,20H,4-7H2,(H,21,23). The van der Waals surface area contributed by atoms with Gasteiger partial charge in [0.15, 0.2) is 5.82 Å². The molecule has 5 rings (SSSR count). The van der Waals surface area contributed by atoms with Gasteiger partial charge in [-0.3, -0.25) is 5.10 Å². The number of benzene rings is 1. The van der Waals surface area contributed by atoms with E-state index in [0.717, 1.165) is 48.6 Å². The van der Waals surface area contributed by atoms with Crippen molar-refractivity contribution in [2.45, 2.75) is 18.8 Å². The third kappa shape index (κ3) is 2.24. The predicted molar refractivity (Wildman–Crippen MR) is 94.0 cm³/mol. The van der Waals surface area contributed by atoms with Crippen LogP contribution in [0.1, 0.15) is 29.9 Å². The molecule has 4 heterocycles. The van der Waals surface area contributed by atoms with Crippen molar-refractivity contribution in [3.8, 4) is 6.07 Å². The van der Waals surface area contributed by atoms with Gasteiger partial charge in [0.1, 0.15) is 11.0 Å². The topological polar surface area (TPSA) is 116 Å². The van der Waals surface area contributed by atoms with Gasteiger partial charge >= 0.3 is 0 Å². The Morgan fingerprint density at radius 3 is 2.88 bits per heavy atom. The summed E-state index contributed by atoms with van der Waals surface area (Å²) in [6.45, 7) is 1.90. The minimum Gasteiger partial charge on any atom is -0.317 e. The average molecular weight is 347 g/mol. The van der Waals surface area contributed by atoms with Crippen LogP contribution in [0.3, 0.4) is 0 Å². The van der Waals surface area contributed by atoms with Crippen LogP contribution in [-0.4, -0.2) is 39.3 Å². The summed E-state index contributed by atoms with van der Waals surface area (Å²) in [6, 6.07) is 8.29. The molecule has 0 radical (unpaired) electrons. The third-order valence-electron chi connectivity index (χ3n) is 5.42. The fourth-order valence-corrected chi connectivity index (χ4v) is 4.18. The monoisotopic (exact) mass is 347 g/mol. The van der Waals surface area contributed by atoms with Crippen LogP contribution in [0.4, 0.5) is 5.82 Å². The number of nitriles is 1. The minimum absolute atomic E-state index is 0.188. The minimum atomic E-state index is -0.356. The lowest BCUT2D eigenvalue weighted by molar-refractivity contribution is 0.315. The maximum Gasteiger partial charge on any atom is 0.151 e. The molecule has 8 nitrogen and oxygen atoms in total. The van der Waals surface area contributed by atoms with Gasteiger partial charge in [-0.05, 0) is 47.9 Å². The van der Waals surface area contributed by atoms with Crippen LogP contribution in [0.15, 0.2) is 34.0 Å². The summed E-state index contributed by atoms with van der Waals surface area (Å²) in [4.78, 5) is 4.81. The first-order chi connectivity index (χ1) is 12.9. The van der Waals surface area contributed by atoms with Crippen LogP contribution in [0, 0.1) is 23.2 Å². The molecule has 0 amide bonds. The summed E-state index contributed by atoms with van der Waals surface area (Å²) in [5.41, 5.74) is 4.18. The Kier molecular flexibility index (Phi) is 3.53. The molecule has 3 aromatic rings. The number of fused-ring (bicyclic) bond motifs is 2. The van der Waals surface area contributed by atoms with Gasteiger partial charge in [-0.2, -0.15) is 10.4 Å². The second-order valence-electron chi connectivity index (χ2n) is 6.80. The van der Waals surface area contributed by atoms with E-state index in [0.29, 0.717) is 17.0 Å². The Balaban J connectivity index is 1.68. The summed E-state index contributed by atoms with van der Waals surface area (Å²) >= 11 is 0. The molecule has 1 aromatic carbocycles. The van der Waals surface area contributed by atoms with Crippen molar-refractivity contribution in [1.82, 2.24) is 25.8 Å². The van der Waals surface area contributed by atoms with Crippen LogP contribution in [0.2, 0.25) is 0 Å². The first kappa shape index (κ1) is 15.2. The Morgan fingerprint density at radius 2 is 2.04 bits per heavy atom. The molecule has 0 saturated carbocycles. The van der Waals surface area contributed by atoms with Gasteiger partial charge in [0.05, 0.1) is 18.2 Å². The van der Waals surface area contributed by atoms with Crippen LogP contribution in [0.5, 0.6) is 0 Å². The van der Waals surface area contributed by atoms with E-state index in [1.165, 1.54) is 0 Å². The van der Waals surface area contributed by atoms with Crippen molar-refractivity contribution in [3.05, 3.63) is 35.5 Å². The molecule has 2 atom stereocenters. The number of aliphatic imine (C=N–C) groups is 1. The summed E-state index contributed by atoms with van der Waals surface area (Å²) in [5, 5.41) is 28.7. The zero-order valence-electron chi connectivity index (χ0n) is 14.0. The normalized spacial score (nSPS) is 23.4. The molecule has 2 unspecified atom stereocenters. The lowest BCUT2D eigenvalue weighted by Gasteiger charge is -2.33. The Morgan fingerprint density at radius 1 is 1.15 bits per heavy atom. The number of hydrogen-bond donors (Lipinski definition) is 2. The Labute approximate surface area is 149 Å². The number of piperidine rings is 1. The molecule has 2 aromatic heterocycles. The van der Waals surface area contributed by atoms with Crippen LogP contribution in [0.25, 0.3) is 11.0 Å².